The number of hydrogen-bond donors (Lipinski definition) is 1. The molecule has 0 aliphatic heterocycles. The second kappa shape index (κ2) is 9.20. The van der Waals surface area contributed by atoms with Gasteiger partial charge < -0.3 is 10.6 Å². The molecule has 1 aromatic heterocycles. The number of hydrogen-bond acceptors (Lipinski definition) is 4. The monoisotopic (exact) mass is 388 g/mol. The maximum atomic E-state index is 13.4. The summed E-state index contributed by atoms with van der Waals surface area (Å²) >= 11 is 0. The third-order valence-electron chi connectivity index (χ3n) is 4.88. The van der Waals surface area contributed by atoms with Crippen LogP contribution in [-0.4, -0.2) is 18.6 Å². The molecule has 0 aliphatic rings. The zero-order valence-corrected chi connectivity index (χ0v) is 16.8. The molecule has 3 aromatic rings. The Morgan fingerprint density at radius 1 is 1.03 bits per heavy atom. The number of nitrogens with zero attached hydrogens (tertiary/aromatic N) is 3. The van der Waals surface area contributed by atoms with Crippen molar-refractivity contribution in [2.24, 2.45) is 0 Å². The lowest BCUT2D eigenvalue weighted by atomic mass is 10.0. The van der Waals surface area contributed by atoms with Crippen molar-refractivity contribution in [2.45, 2.75) is 26.2 Å². The van der Waals surface area contributed by atoms with Crippen LogP contribution in [0.5, 0.6) is 0 Å². The first kappa shape index (κ1) is 20.3. The fourth-order valence-electron chi connectivity index (χ4n) is 3.39. The number of likely N-dealkylation sites (N-methyl/N-ethyl adjacent to an activating group) is 1. The molecule has 148 valence electrons. The zero-order valence-electron chi connectivity index (χ0n) is 16.8. The first-order valence-electron chi connectivity index (χ1n) is 9.65. The summed E-state index contributed by atoms with van der Waals surface area (Å²) in [6, 6.07) is 18.7. The maximum Gasteiger partial charge on any atom is 0.123 e. The number of nitrogen functional groups attached to an aromatic ring is 1. The van der Waals surface area contributed by atoms with E-state index in [1.165, 1.54) is 6.07 Å². The quantitative estimate of drug-likeness (QED) is 0.649. The summed E-state index contributed by atoms with van der Waals surface area (Å²) in [4.78, 5) is 6.49. The van der Waals surface area contributed by atoms with Crippen molar-refractivity contribution in [3.8, 4) is 6.07 Å². The highest BCUT2D eigenvalue weighted by atomic mass is 19.1. The van der Waals surface area contributed by atoms with Crippen LogP contribution in [0.4, 0.5) is 15.9 Å². The number of nitriles is 1. The second-order valence-corrected chi connectivity index (χ2v) is 7.36. The van der Waals surface area contributed by atoms with Gasteiger partial charge in [-0.05, 0) is 85.3 Å². The van der Waals surface area contributed by atoms with E-state index in [1.54, 1.807) is 12.1 Å². The van der Waals surface area contributed by atoms with Crippen LogP contribution in [0.15, 0.2) is 54.6 Å². The third kappa shape index (κ3) is 5.79. The van der Waals surface area contributed by atoms with Crippen molar-refractivity contribution in [2.75, 3.05) is 24.2 Å². The lowest BCUT2D eigenvalue weighted by Gasteiger charge is -2.20. The highest BCUT2D eigenvalue weighted by molar-refractivity contribution is 5.54. The summed E-state index contributed by atoms with van der Waals surface area (Å²) in [7, 11) is 1.99. The van der Waals surface area contributed by atoms with Gasteiger partial charge in [-0.1, -0.05) is 12.1 Å². The van der Waals surface area contributed by atoms with E-state index < -0.39 is 0 Å². The Morgan fingerprint density at radius 2 is 1.86 bits per heavy atom. The predicted molar refractivity (Wildman–Crippen MR) is 115 cm³/mol. The van der Waals surface area contributed by atoms with Gasteiger partial charge in [0.25, 0.3) is 0 Å². The Kier molecular flexibility index (Phi) is 6.46. The Bertz CT molecular complexity index is 1020. The van der Waals surface area contributed by atoms with E-state index in [-0.39, 0.29) is 5.82 Å². The molecule has 2 N–H and O–H groups in total. The van der Waals surface area contributed by atoms with Crippen LogP contribution in [0.2, 0.25) is 0 Å². The minimum absolute atomic E-state index is 0.218. The fourth-order valence-corrected chi connectivity index (χ4v) is 3.39. The first-order chi connectivity index (χ1) is 13.9. The molecule has 2 aromatic carbocycles. The van der Waals surface area contributed by atoms with Gasteiger partial charge in [0.2, 0.25) is 0 Å². The predicted octanol–water partition coefficient (Wildman–Crippen LogP) is 4.45. The normalized spacial score (nSPS) is 10.6. The van der Waals surface area contributed by atoms with Gasteiger partial charge in [-0.15, -0.1) is 0 Å². The standard InChI is InChI=1S/C24H25FN4/c1-17-10-22(28-24(27)11-17)7-6-19-12-20(16-26)15-23(14-19)29(2)9-8-18-4-3-5-21(25)13-18/h3-5,10-15H,6-9H2,1-2H3,(H2,27,28). The Hall–Kier alpha value is -3.39. The van der Waals surface area contributed by atoms with Crippen LogP contribution in [0.1, 0.15) is 27.9 Å². The number of pyridine rings is 1. The SMILES string of the molecule is Cc1cc(N)nc(CCc2cc(C#N)cc(N(C)CCc3cccc(F)c3)c2)c1. The van der Waals surface area contributed by atoms with Crippen molar-refractivity contribution in [1.82, 2.24) is 4.98 Å². The second-order valence-electron chi connectivity index (χ2n) is 7.36. The number of anilines is 2. The molecule has 0 aliphatic carbocycles. The zero-order chi connectivity index (χ0) is 20.8. The van der Waals surface area contributed by atoms with Crippen LogP contribution < -0.4 is 10.6 Å². The number of halogens is 1. The summed E-state index contributed by atoms with van der Waals surface area (Å²) in [6.07, 6.45) is 2.26. The summed E-state index contributed by atoms with van der Waals surface area (Å²) in [6.45, 7) is 2.73. The number of benzene rings is 2. The summed E-state index contributed by atoms with van der Waals surface area (Å²) in [5.41, 5.74) is 11.5. The lowest BCUT2D eigenvalue weighted by molar-refractivity contribution is 0.625. The van der Waals surface area contributed by atoms with Gasteiger partial charge in [-0.25, -0.2) is 9.37 Å². The van der Waals surface area contributed by atoms with E-state index >= 15 is 0 Å². The van der Waals surface area contributed by atoms with Crippen molar-refractivity contribution in [3.63, 3.8) is 0 Å². The minimum atomic E-state index is -0.218. The van der Waals surface area contributed by atoms with Crippen molar-refractivity contribution in [3.05, 3.63) is 88.4 Å². The molecule has 0 fully saturated rings. The molecule has 3 rings (SSSR count). The molecule has 0 atom stereocenters. The van der Waals surface area contributed by atoms with Gasteiger partial charge in [0.05, 0.1) is 11.6 Å². The number of aryl methyl sites for hydroxylation is 3. The van der Waals surface area contributed by atoms with Gasteiger partial charge in [0, 0.05) is 25.0 Å². The van der Waals surface area contributed by atoms with Crippen LogP contribution in [0.25, 0.3) is 0 Å². The number of aromatic nitrogens is 1. The third-order valence-corrected chi connectivity index (χ3v) is 4.88. The molecule has 0 amide bonds. The Labute approximate surface area is 171 Å². The molecule has 0 unspecified atom stereocenters. The van der Waals surface area contributed by atoms with Gasteiger partial charge >= 0.3 is 0 Å². The van der Waals surface area contributed by atoms with Crippen molar-refractivity contribution in [1.29, 1.82) is 5.26 Å². The van der Waals surface area contributed by atoms with Crippen molar-refractivity contribution >= 4 is 11.5 Å². The molecule has 0 radical (unpaired) electrons. The minimum Gasteiger partial charge on any atom is -0.384 e. The van der Waals surface area contributed by atoms with Gasteiger partial charge in [0.15, 0.2) is 0 Å². The largest absolute Gasteiger partial charge is 0.384 e. The molecular weight excluding hydrogens is 363 g/mol. The molecular formula is C24H25FN4. The molecule has 0 saturated heterocycles. The van der Waals surface area contributed by atoms with E-state index in [2.05, 4.69) is 22.0 Å². The van der Waals surface area contributed by atoms with Crippen LogP contribution >= 0.6 is 0 Å². The van der Waals surface area contributed by atoms with E-state index in [9.17, 15) is 9.65 Å². The molecule has 4 nitrogen and oxygen atoms in total. The average molecular weight is 388 g/mol. The van der Waals surface area contributed by atoms with E-state index in [0.717, 1.165) is 53.9 Å². The van der Waals surface area contributed by atoms with Gasteiger partial charge in [-0.2, -0.15) is 5.26 Å². The molecule has 0 spiro atoms. The molecule has 29 heavy (non-hydrogen) atoms. The fraction of sp³-hybridized carbons (Fsp3) is 0.250. The van der Waals surface area contributed by atoms with Crippen LogP contribution in [0.3, 0.4) is 0 Å². The number of nitrogens with two attached hydrogens (primary N) is 1. The average Bonchev–Trinajstić information content (AvgIpc) is 2.69. The maximum absolute atomic E-state index is 13.4. The van der Waals surface area contributed by atoms with E-state index in [4.69, 9.17) is 5.73 Å². The summed E-state index contributed by atoms with van der Waals surface area (Å²) in [5, 5.41) is 9.43. The molecule has 1 heterocycles. The van der Waals surface area contributed by atoms with Gasteiger partial charge in [0.1, 0.15) is 11.6 Å². The highest BCUT2D eigenvalue weighted by Crippen LogP contribution is 2.20. The van der Waals surface area contributed by atoms with Crippen LogP contribution in [0, 0.1) is 24.1 Å². The number of rotatable bonds is 7. The Balaban J connectivity index is 1.71. The smallest absolute Gasteiger partial charge is 0.123 e. The van der Waals surface area contributed by atoms with E-state index in [0.29, 0.717) is 11.4 Å². The lowest BCUT2D eigenvalue weighted by Crippen LogP contribution is -2.20. The first-order valence-corrected chi connectivity index (χ1v) is 9.65. The summed E-state index contributed by atoms with van der Waals surface area (Å²) in [5.74, 6) is 0.313. The molecule has 5 heteroatoms. The molecule has 0 bridgehead atoms. The van der Waals surface area contributed by atoms with E-state index in [1.807, 2.05) is 44.3 Å². The van der Waals surface area contributed by atoms with Crippen LogP contribution in [-0.2, 0) is 19.3 Å². The van der Waals surface area contributed by atoms with Crippen molar-refractivity contribution < 1.29 is 4.39 Å². The van der Waals surface area contributed by atoms with Gasteiger partial charge in [-0.3, -0.25) is 0 Å². The Morgan fingerprint density at radius 3 is 2.59 bits per heavy atom. The summed E-state index contributed by atoms with van der Waals surface area (Å²) < 4.78 is 13.4. The molecule has 0 saturated carbocycles. The topological polar surface area (TPSA) is 65.9 Å². The highest BCUT2D eigenvalue weighted by Gasteiger charge is 2.08.